The number of anilines is 2. The monoisotopic (exact) mass is 852 g/mol. The van der Waals surface area contributed by atoms with E-state index in [4.69, 9.17) is 9.90 Å². The molecule has 0 saturated carbocycles. The van der Waals surface area contributed by atoms with Crippen LogP contribution < -0.4 is 46.7 Å². The highest BCUT2D eigenvalue weighted by atomic mass is 19.4. The lowest BCUT2D eigenvalue weighted by Crippen LogP contribution is -2.42. The number of aromatic amines is 1. The molecule has 14 heteroatoms. The first-order chi connectivity index (χ1) is 29.5. The Bertz CT molecular complexity index is 2650. The minimum absolute atomic E-state index is 0.0994. The van der Waals surface area contributed by atoms with Crippen molar-refractivity contribution in [3.8, 4) is 0 Å². The molecule has 328 valence electrons. The highest BCUT2D eigenvalue weighted by Gasteiger charge is 2.32. The van der Waals surface area contributed by atoms with Crippen molar-refractivity contribution in [2.75, 3.05) is 57.0 Å². The highest BCUT2D eigenvalue weighted by molar-refractivity contribution is 6.07. The molecule has 0 atom stereocenters. The lowest BCUT2D eigenvalue weighted by molar-refractivity contribution is -0.344. The van der Waals surface area contributed by atoms with Crippen molar-refractivity contribution < 1.29 is 32.7 Å². The van der Waals surface area contributed by atoms with Crippen molar-refractivity contribution in [1.82, 2.24) is 20.2 Å². The number of carbonyl (C=O) groups excluding carboxylic acids is 3. The fourth-order valence-electron chi connectivity index (χ4n) is 8.36. The van der Waals surface area contributed by atoms with Crippen LogP contribution >= 0.6 is 0 Å². The molecule has 1 aliphatic heterocycles. The van der Waals surface area contributed by atoms with Crippen molar-refractivity contribution in [3.05, 3.63) is 116 Å². The number of rotatable bonds is 15. The predicted molar refractivity (Wildman–Crippen MR) is 237 cm³/mol. The summed E-state index contributed by atoms with van der Waals surface area (Å²) >= 11 is 0. The van der Waals surface area contributed by atoms with Gasteiger partial charge in [0, 0.05) is 84.6 Å². The molecule has 1 aliphatic carbocycles. The lowest BCUT2D eigenvalue weighted by Gasteiger charge is -2.33. The zero-order chi connectivity index (χ0) is 44.6. The largest absolute Gasteiger partial charge is 0.542 e. The van der Waals surface area contributed by atoms with Gasteiger partial charge in [-0.05, 0) is 102 Å². The van der Waals surface area contributed by atoms with Gasteiger partial charge in [0.05, 0.1) is 6.54 Å². The van der Waals surface area contributed by atoms with Crippen molar-refractivity contribution in [3.63, 3.8) is 0 Å². The van der Waals surface area contributed by atoms with Crippen molar-refractivity contribution in [2.45, 2.75) is 76.8 Å². The average molecular weight is 853 g/mol. The molecule has 5 aromatic rings. The lowest BCUT2D eigenvalue weighted by atomic mass is 9.71. The smallest absolute Gasteiger partial charge is 0.430 e. The molecule has 1 aromatic heterocycles. The topological polar surface area (TPSA) is 149 Å². The molecule has 2 amide bonds. The van der Waals surface area contributed by atoms with Crippen LogP contribution in [0.25, 0.3) is 27.8 Å². The van der Waals surface area contributed by atoms with E-state index >= 15 is 0 Å². The quantitative estimate of drug-likeness (QED) is 0.0682. The third-order valence-electron chi connectivity index (χ3n) is 11.6. The maximum absolute atomic E-state index is 12.7. The van der Waals surface area contributed by atoms with Gasteiger partial charge in [-0.25, -0.2) is 4.58 Å². The molecule has 4 aromatic carbocycles. The van der Waals surface area contributed by atoms with Crippen LogP contribution in [0.5, 0.6) is 0 Å². The number of carbonyl (C=O) groups is 3. The van der Waals surface area contributed by atoms with Gasteiger partial charge in [-0.2, -0.15) is 13.2 Å². The molecule has 4 N–H and O–H groups in total. The molecule has 0 bridgehead atoms. The number of unbranched alkanes of at least 4 members (excludes halogenated alkanes) is 3. The van der Waals surface area contributed by atoms with Gasteiger partial charge < -0.3 is 35.7 Å². The second-order valence-electron chi connectivity index (χ2n) is 16.7. The van der Waals surface area contributed by atoms with E-state index in [1.165, 1.54) is 38.5 Å². The molecule has 0 radical (unpaired) electrons. The molecule has 2 aliphatic rings. The third kappa shape index (κ3) is 11.1. The van der Waals surface area contributed by atoms with E-state index in [-0.39, 0.29) is 29.3 Å². The number of aliphatic carboxylic acids is 1. The summed E-state index contributed by atoms with van der Waals surface area (Å²) in [6, 6.07) is 24.7. The van der Waals surface area contributed by atoms with Gasteiger partial charge in [-0.3, -0.25) is 14.4 Å². The van der Waals surface area contributed by atoms with Gasteiger partial charge in [0.2, 0.25) is 17.2 Å². The Morgan fingerprint density at radius 1 is 0.855 bits per heavy atom. The zero-order valence-electron chi connectivity index (χ0n) is 35.8. The van der Waals surface area contributed by atoms with Crippen LogP contribution in [0.15, 0.2) is 77.6 Å². The Kier molecular flexibility index (Phi) is 14.5. The first-order valence-electron chi connectivity index (χ1n) is 21.2. The number of fused-ring (bicyclic) bond motifs is 6. The summed E-state index contributed by atoms with van der Waals surface area (Å²) in [5.41, 5.74) is 7.93. The second kappa shape index (κ2) is 19.8. The number of nitrogens with one attached hydrogen (secondary N) is 4. The van der Waals surface area contributed by atoms with E-state index in [0.717, 1.165) is 80.9 Å². The van der Waals surface area contributed by atoms with E-state index in [1.54, 1.807) is 6.07 Å². The van der Waals surface area contributed by atoms with Crippen LogP contribution in [-0.2, 0) is 26.2 Å². The van der Waals surface area contributed by atoms with E-state index < -0.39 is 12.1 Å². The van der Waals surface area contributed by atoms with Gasteiger partial charge >= 0.3 is 6.18 Å². The molecule has 62 heavy (non-hydrogen) atoms. The number of pyridine rings is 1. The number of alkyl halides is 3. The van der Waals surface area contributed by atoms with Crippen molar-refractivity contribution >= 4 is 56.9 Å². The SMILES string of the molecule is CN(C)c1ccc2c(c1)C(C)(C)c1cc3c(cc1=C2)CCC[N+]=3CCCC(=O)NCCCCCCNCC(=O)Nc1ccc2[nH]c(=O)c3ccccc3c2c1.O=C([O-])C(F)(F)F. The van der Waals surface area contributed by atoms with Crippen LogP contribution in [0, 0.1) is 0 Å². The van der Waals surface area contributed by atoms with E-state index in [2.05, 4.69) is 94.8 Å². The molecule has 0 saturated heterocycles. The van der Waals surface area contributed by atoms with E-state index in [9.17, 15) is 27.6 Å². The number of hydrogen-bond donors (Lipinski definition) is 4. The molecule has 0 unspecified atom stereocenters. The number of aryl methyl sites for hydroxylation is 1. The number of carboxylic acid groups (broad SMARTS) is 1. The van der Waals surface area contributed by atoms with Gasteiger partial charge in [0.15, 0.2) is 0 Å². The fraction of sp³-hybridized carbons (Fsp3) is 0.396. The van der Waals surface area contributed by atoms with Crippen molar-refractivity contribution in [1.29, 1.82) is 0 Å². The number of benzene rings is 4. The van der Waals surface area contributed by atoms with Crippen molar-refractivity contribution in [2.24, 2.45) is 0 Å². The second-order valence-corrected chi connectivity index (χ2v) is 16.7. The van der Waals surface area contributed by atoms with Gasteiger partial charge in [0.25, 0.3) is 5.56 Å². The van der Waals surface area contributed by atoms with Crippen LogP contribution in [0.1, 0.15) is 81.0 Å². The minimum atomic E-state index is -5.19. The summed E-state index contributed by atoms with van der Waals surface area (Å²) in [7, 11) is 4.19. The molecular formula is C48H55F3N6O5. The number of H-pyrrole nitrogens is 1. The van der Waals surface area contributed by atoms with Gasteiger partial charge in [-0.15, -0.1) is 0 Å². The van der Waals surface area contributed by atoms with E-state index in [1.807, 2.05) is 36.4 Å². The third-order valence-corrected chi connectivity index (χ3v) is 11.6. The summed E-state index contributed by atoms with van der Waals surface area (Å²) in [5.74, 6) is -2.98. The number of hydrogen-bond acceptors (Lipinski definition) is 7. The summed E-state index contributed by atoms with van der Waals surface area (Å²) in [4.78, 5) is 51.5. The molecular weight excluding hydrogens is 798 g/mol. The number of carboxylic acids is 1. The molecule has 0 spiro atoms. The average Bonchev–Trinajstić information content (AvgIpc) is 3.23. The van der Waals surface area contributed by atoms with Crippen LogP contribution in [-0.4, -0.2) is 75.8 Å². The Balaban J connectivity index is 0.000000845. The Hall–Kier alpha value is -6.02. The summed E-state index contributed by atoms with van der Waals surface area (Å²) in [5, 5.41) is 23.2. The molecule has 0 fully saturated rings. The number of aromatic nitrogens is 1. The number of halogens is 3. The Labute approximate surface area is 358 Å². The first kappa shape index (κ1) is 45.5. The minimum Gasteiger partial charge on any atom is -0.542 e. The molecule has 7 rings (SSSR count). The summed E-state index contributed by atoms with van der Waals surface area (Å²) in [6.07, 6.45) is 4.77. The van der Waals surface area contributed by atoms with E-state index in [0.29, 0.717) is 24.0 Å². The summed E-state index contributed by atoms with van der Waals surface area (Å²) in [6.45, 7) is 8.30. The van der Waals surface area contributed by atoms with Gasteiger partial charge in [0.1, 0.15) is 19.1 Å². The Morgan fingerprint density at radius 3 is 2.31 bits per heavy atom. The summed E-state index contributed by atoms with van der Waals surface area (Å²) < 4.78 is 34.0. The van der Waals surface area contributed by atoms with Gasteiger partial charge in [-0.1, -0.05) is 51.0 Å². The maximum atomic E-state index is 12.7. The molecule has 2 heterocycles. The highest BCUT2D eigenvalue weighted by Crippen LogP contribution is 2.37. The van der Waals surface area contributed by atoms with Crippen LogP contribution in [0.2, 0.25) is 0 Å². The molecule has 11 nitrogen and oxygen atoms in total. The Morgan fingerprint density at radius 2 is 1.58 bits per heavy atom. The number of amides is 2. The fourth-order valence-corrected chi connectivity index (χ4v) is 8.36. The number of nitrogens with zero attached hydrogens (tertiary/aromatic N) is 2. The standard InChI is InChI=1S/C46H54N6O3.C2HF3O2/c1-46(2)39-28-35(51(3)4)19-17-31(39)25-33-26-32-13-11-23-52(42(32)29-40(33)46)24-12-16-43(53)48-22-10-6-5-9-21-47-30-44(54)49-34-18-20-41-38(27-34)36-14-7-8-15-37(36)45(55)50-41;3-2(4,5)1(6)7/h7-8,14-15,17-20,25-29,47H,5-6,9-13,16,21-24,30H2,1-4H3,(H2-,48,49,50,53,54,55);(H,6,7). The normalized spacial score (nSPS) is 13.8. The van der Waals surface area contributed by atoms with Crippen LogP contribution in [0.4, 0.5) is 24.5 Å². The maximum Gasteiger partial charge on any atom is 0.430 e. The zero-order valence-corrected chi connectivity index (χ0v) is 35.8. The van der Waals surface area contributed by atoms with Crippen LogP contribution in [0.3, 0.4) is 0 Å². The first-order valence-corrected chi connectivity index (χ1v) is 21.2. The predicted octanol–water partition coefficient (Wildman–Crippen LogP) is 4.64.